The summed E-state index contributed by atoms with van der Waals surface area (Å²) >= 11 is 0. The summed E-state index contributed by atoms with van der Waals surface area (Å²) in [5.41, 5.74) is -1.14. The van der Waals surface area contributed by atoms with Crippen LogP contribution in [-0.2, 0) is 4.74 Å². The maximum atomic E-state index is 13.1. The van der Waals surface area contributed by atoms with Crippen LogP contribution in [0.1, 0.15) is 29.6 Å². The lowest BCUT2D eigenvalue weighted by Crippen LogP contribution is -2.06. The fourth-order valence-corrected chi connectivity index (χ4v) is 1.62. The van der Waals surface area contributed by atoms with Crippen LogP contribution in [0.3, 0.4) is 0 Å². The molecule has 1 aromatic carbocycles. The number of alkyl halides is 2. The van der Waals surface area contributed by atoms with Gasteiger partial charge >= 0.3 is 5.97 Å². The fraction of sp³-hybridized carbons (Fsp3) is 0.231. The highest BCUT2D eigenvalue weighted by Gasteiger charge is 2.28. The van der Waals surface area contributed by atoms with E-state index in [2.05, 4.69) is 9.72 Å². The highest BCUT2D eigenvalue weighted by molar-refractivity contribution is 5.88. The highest BCUT2D eigenvalue weighted by atomic mass is 19.3. The van der Waals surface area contributed by atoms with Gasteiger partial charge in [0.25, 0.3) is 6.43 Å². The second kappa shape index (κ2) is 5.94. The molecule has 0 radical (unpaired) electrons. The van der Waals surface area contributed by atoms with Crippen LogP contribution in [0.4, 0.5) is 17.6 Å². The lowest BCUT2D eigenvalue weighted by Gasteiger charge is -1.99. The predicted molar refractivity (Wildman–Crippen MR) is 62.8 cm³/mol. The van der Waals surface area contributed by atoms with E-state index >= 15 is 0 Å². The molecular formula is C13H9F4NO3. The summed E-state index contributed by atoms with van der Waals surface area (Å²) < 4.78 is 61.3. The third-order valence-electron chi connectivity index (χ3n) is 2.43. The van der Waals surface area contributed by atoms with E-state index in [1.165, 1.54) is 6.92 Å². The van der Waals surface area contributed by atoms with Crippen LogP contribution >= 0.6 is 0 Å². The van der Waals surface area contributed by atoms with Crippen LogP contribution < -0.4 is 0 Å². The molecule has 0 bridgehead atoms. The number of benzene rings is 1. The molecule has 0 aliphatic heterocycles. The van der Waals surface area contributed by atoms with Gasteiger partial charge in [-0.15, -0.1) is 0 Å². The minimum absolute atomic E-state index is 0.0495. The quantitative estimate of drug-likeness (QED) is 0.638. The number of nitrogens with zero attached hydrogens (tertiary/aromatic N) is 1. The first-order chi connectivity index (χ1) is 9.92. The Morgan fingerprint density at radius 1 is 1.29 bits per heavy atom. The summed E-state index contributed by atoms with van der Waals surface area (Å²) in [5.74, 6) is -4.26. The molecule has 0 atom stereocenters. The average molecular weight is 303 g/mol. The molecule has 0 aliphatic rings. The zero-order chi connectivity index (χ0) is 15.6. The molecule has 0 N–H and O–H groups in total. The molecule has 1 aromatic heterocycles. The molecule has 0 aliphatic carbocycles. The van der Waals surface area contributed by atoms with Crippen molar-refractivity contribution in [3.05, 3.63) is 41.3 Å². The van der Waals surface area contributed by atoms with Gasteiger partial charge in [-0.3, -0.25) is 0 Å². The second-order valence-electron chi connectivity index (χ2n) is 3.91. The molecule has 8 heteroatoms. The third-order valence-corrected chi connectivity index (χ3v) is 2.43. The van der Waals surface area contributed by atoms with Gasteiger partial charge in [-0.25, -0.2) is 27.3 Å². The monoisotopic (exact) mass is 303 g/mol. The molecule has 2 aromatic rings. The second-order valence-corrected chi connectivity index (χ2v) is 3.91. The van der Waals surface area contributed by atoms with Crippen molar-refractivity contribution in [1.29, 1.82) is 0 Å². The Labute approximate surface area is 116 Å². The maximum Gasteiger partial charge on any atom is 0.376 e. The Hall–Kier alpha value is -2.38. The SMILES string of the molecule is CCOC(=O)c1oc(-c2cc(F)cc(F)c2)nc1C(F)F. The smallest absolute Gasteiger partial charge is 0.376 e. The van der Waals surface area contributed by atoms with E-state index in [0.717, 1.165) is 12.1 Å². The number of oxazole rings is 1. The largest absolute Gasteiger partial charge is 0.460 e. The van der Waals surface area contributed by atoms with Crippen molar-refractivity contribution < 1.29 is 31.5 Å². The van der Waals surface area contributed by atoms with E-state index in [1.807, 2.05) is 0 Å². The summed E-state index contributed by atoms with van der Waals surface area (Å²) in [7, 11) is 0. The zero-order valence-corrected chi connectivity index (χ0v) is 10.7. The third kappa shape index (κ3) is 3.21. The van der Waals surface area contributed by atoms with Crippen molar-refractivity contribution in [2.24, 2.45) is 0 Å². The van der Waals surface area contributed by atoms with Gasteiger partial charge < -0.3 is 9.15 Å². The van der Waals surface area contributed by atoms with E-state index in [4.69, 9.17) is 4.42 Å². The van der Waals surface area contributed by atoms with Crippen molar-refractivity contribution >= 4 is 5.97 Å². The Bertz CT molecular complexity index is 649. The van der Waals surface area contributed by atoms with Crippen molar-refractivity contribution in [2.75, 3.05) is 6.61 Å². The average Bonchev–Trinajstić information content (AvgIpc) is 2.83. The summed E-state index contributed by atoms with van der Waals surface area (Å²) in [6.07, 6.45) is -3.10. The molecule has 112 valence electrons. The fourth-order valence-electron chi connectivity index (χ4n) is 1.62. The van der Waals surface area contributed by atoms with E-state index in [0.29, 0.717) is 6.07 Å². The molecule has 0 spiro atoms. The first-order valence-corrected chi connectivity index (χ1v) is 5.84. The molecule has 0 saturated carbocycles. The van der Waals surface area contributed by atoms with Crippen molar-refractivity contribution in [3.8, 4) is 11.5 Å². The molecule has 4 nitrogen and oxygen atoms in total. The summed E-state index contributed by atoms with van der Waals surface area (Å²) in [4.78, 5) is 14.9. The van der Waals surface area contributed by atoms with Crippen LogP contribution in [0, 0.1) is 11.6 Å². The minimum Gasteiger partial charge on any atom is -0.460 e. The van der Waals surface area contributed by atoms with E-state index in [-0.39, 0.29) is 12.2 Å². The summed E-state index contributed by atoms with van der Waals surface area (Å²) in [5, 5.41) is 0. The number of carbonyl (C=O) groups excluding carboxylic acids is 1. The molecule has 2 rings (SSSR count). The van der Waals surface area contributed by atoms with Crippen LogP contribution in [0.2, 0.25) is 0 Å². The number of hydrogen-bond acceptors (Lipinski definition) is 4. The predicted octanol–water partition coefficient (Wildman–Crippen LogP) is 3.73. The lowest BCUT2D eigenvalue weighted by atomic mass is 10.2. The standard InChI is InChI=1S/C13H9F4NO3/c1-2-20-13(19)10-9(11(16)17)18-12(21-10)6-3-7(14)5-8(15)4-6/h3-5,11H,2H2,1H3. The zero-order valence-electron chi connectivity index (χ0n) is 10.7. The van der Waals surface area contributed by atoms with Crippen LogP contribution in [0.15, 0.2) is 22.6 Å². The van der Waals surface area contributed by atoms with Gasteiger partial charge in [0, 0.05) is 11.6 Å². The first-order valence-electron chi connectivity index (χ1n) is 5.84. The van der Waals surface area contributed by atoms with E-state index in [9.17, 15) is 22.4 Å². The maximum absolute atomic E-state index is 13.1. The Morgan fingerprint density at radius 2 is 1.90 bits per heavy atom. The highest BCUT2D eigenvalue weighted by Crippen LogP contribution is 2.29. The number of ether oxygens (including phenoxy) is 1. The Kier molecular flexibility index (Phi) is 4.25. The summed E-state index contributed by atoms with van der Waals surface area (Å²) in [6, 6.07) is 2.30. The first kappa shape index (κ1) is 15.0. The van der Waals surface area contributed by atoms with Crippen LogP contribution in [0.25, 0.3) is 11.5 Å². The van der Waals surface area contributed by atoms with Gasteiger partial charge in [0.05, 0.1) is 6.61 Å². The minimum atomic E-state index is -3.10. The number of halogens is 4. The molecular weight excluding hydrogens is 294 g/mol. The topological polar surface area (TPSA) is 52.3 Å². The van der Waals surface area contributed by atoms with Gasteiger partial charge in [0.1, 0.15) is 11.6 Å². The molecule has 21 heavy (non-hydrogen) atoms. The molecule has 0 fully saturated rings. The van der Waals surface area contributed by atoms with Gasteiger partial charge in [-0.05, 0) is 19.1 Å². The van der Waals surface area contributed by atoms with Crippen molar-refractivity contribution in [1.82, 2.24) is 4.98 Å². The van der Waals surface area contributed by atoms with Crippen molar-refractivity contribution in [2.45, 2.75) is 13.3 Å². The molecule has 0 unspecified atom stereocenters. The Balaban J connectivity index is 2.50. The number of aromatic nitrogens is 1. The Morgan fingerprint density at radius 3 is 2.43 bits per heavy atom. The van der Waals surface area contributed by atoms with E-state index < -0.39 is 41.4 Å². The molecule has 0 amide bonds. The number of carbonyl (C=O) groups is 1. The normalized spacial score (nSPS) is 11.0. The van der Waals surface area contributed by atoms with Gasteiger partial charge in [0.2, 0.25) is 11.7 Å². The van der Waals surface area contributed by atoms with Crippen LogP contribution in [0.5, 0.6) is 0 Å². The lowest BCUT2D eigenvalue weighted by molar-refractivity contribution is 0.0476. The van der Waals surface area contributed by atoms with Gasteiger partial charge in [0.15, 0.2) is 5.69 Å². The summed E-state index contributed by atoms with van der Waals surface area (Å²) in [6.45, 7) is 1.44. The van der Waals surface area contributed by atoms with Crippen LogP contribution in [-0.4, -0.2) is 17.6 Å². The number of hydrogen-bond donors (Lipinski definition) is 0. The van der Waals surface area contributed by atoms with Crippen molar-refractivity contribution in [3.63, 3.8) is 0 Å². The molecule has 0 saturated heterocycles. The molecule has 1 heterocycles. The van der Waals surface area contributed by atoms with Gasteiger partial charge in [-0.1, -0.05) is 0 Å². The van der Waals surface area contributed by atoms with E-state index in [1.54, 1.807) is 0 Å². The van der Waals surface area contributed by atoms with Gasteiger partial charge in [-0.2, -0.15) is 0 Å². The number of rotatable bonds is 4. The number of esters is 1.